The van der Waals surface area contributed by atoms with Gasteiger partial charge in [-0.15, -0.1) is 0 Å². The van der Waals surface area contributed by atoms with E-state index >= 15 is 0 Å². The number of benzene rings is 3. The highest BCUT2D eigenvalue weighted by Gasteiger charge is 2.42. The largest absolute Gasteiger partial charge is 0.463 e. The van der Waals surface area contributed by atoms with Gasteiger partial charge < -0.3 is 4.74 Å². The molecule has 0 aliphatic rings. The van der Waals surface area contributed by atoms with Crippen molar-refractivity contribution in [2.24, 2.45) is 0 Å². The van der Waals surface area contributed by atoms with Crippen LogP contribution in [0.15, 0.2) is 110 Å². The zero-order valence-corrected chi connectivity index (χ0v) is 16.2. The number of para-hydroxylation sites is 1. The second-order valence-electron chi connectivity index (χ2n) is 7.01. The molecule has 3 aromatic carbocycles. The summed E-state index contributed by atoms with van der Waals surface area (Å²) in [5, 5.41) is 0. The predicted octanol–water partition coefficient (Wildman–Crippen LogP) is 5.04. The summed E-state index contributed by atoms with van der Waals surface area (Å²) in [6, 6.07) is 29.0. The van der Waals surface area contributed by atoms with Crippen LogP contribution in [0.5, 0.6) is 5.75 Å². The van der Waals surface area contributed by atoms with Gasteiger partial charge in [-0.05, 0) is 30.2 Å². The van der Waals surface area contributed by atoms with Crippen molar-refractivity contribution in [1.82, 2.24) is 9.55 Å². The quantitative estimate of drug-likeness (QED) is 0.450. The molecule has 1 unspecified atom stereocenters. The summed E-state index contributed by atoms with van der Waals surface area (Å²) in [5.41, 5.74) is 0.933. The van der Waals surface area contributed by atoms with Crippen molar-refractivity contribution in [2.45, 2.75) is 18.6 Å². The van der Waals surface area contributed by atoms with E-state index in [9.17, 15) is 4.79 Å². The Labute approximate surface area is 170 Å². The summed E-state index contributed by atoms with van der Waals surface area (Å²) < 4.78 is 7.89. The van der Waals surface area contributed by atoms with Crippen molar-refractivity contribution in [2.75, 3.05) is 0 Å². The van der Waals surface area contributed by atoms with Gasteiger partial charge in [0.25, 0.3) is 0 Å². The third-order valence-electron chi connectivity index (χ3n) is 5.21. The van der Waals surface area contributed by atoms with Gasteiger partial charge in [-0.25, -0.2) is 4.98 Å². The second-order valence-corrected chi connectivity index (χ2v) is 7.01. The molecule has 0 aliphatic heterocycles. The number of hydrogen-bond acceptors (Lipinski definition) is 3. The molecular weight excluding hydrogens is 360 g/mol. The van der Waals surface area contributed by atoms with Gasteiger partial charge in [0, 0.05) is 12.4 Å². The number of carbonyl (C=O) groups excluding carboxylic acids is 1. The van der Waals surface area contributed by atoms with Gasteiger partial charge >= 0.3 is 0 Å². The van der Waals surface area contributed by atoms with Gasteiger partial charge in [-0.3, -0.25) is 9.36 Å². The van der Waals surface area contributed by atoms with Gasteiger partial charge in [-0.1, -0.05) is 78.9 Å². The first-order valence-electron chi connectivity index (χ1n) is 9.54. The number of nitrogens with zero attached hydrogens (tertiary/aromatic N) is 2. The SMILES string of the molecule is CC(C(=O)C(Oc1ccccc1)n1ccnc1)(c1ccccc1)c1ccccc1. The second kappa shape index (κ2) is 8.15. The van der Waals surface area contributed by atoms with Crippen LogP contribution in [0.2, 0.25) is 0 Å². The van der Waals surface area contributed by atoms with Crippen LogP contribution in [0.4, 0.5) is 0 Å². The fraction of sp³-hybridized carbons (Fsp3) is 0.120. The van der Waals surface area contributed by atoms with Crippen molar-refractivity contribution in [3.63, 3.8) is 0 Å². The Morgan fingerprint density at radius 1 is 0.862 bits per heavy atom. The van der Waals surface area contributed by atoms with Crippen molar-refractivity contribution in [3.05, 3.63) is 121 Å². The number of imidazole rings is 1. The van der Waals surface area contributed by atoms with E-state index in [0.29, 0.717) is 5.75 Å². The molecule has 0 N–H and O–H groups in total. The summed E-state index contributed by atoms with van der Waals surface area (Å²) >= 11 is 0. The standard InChI is InChI=1S/C25H22N2O2/c1-25(20-11-5-2-6-12-20,21-13-7-3-8-14-21)23(28)24(27-18-17-26-19-27)29-22-15-9-4-10-16-22/h2-19,24H,1H3. The first-order valence-corrected chi connectivity index (χ1v) is 9.54. The van der Waals surface area contributed by atoms with Crippen LogP contribution in [0.25, 0.3) is 0 Å². The number of aromatic nitrogens is 2. The molecule has 0 saturated carbocycles. The third-order valence-corrected chi connectivity index (χ3v) is 5.21. The van der Waals surface area contributed by atoms with Crippen LogP contribution in [0, 0.1) is 0 Å². The molecule has 4 nitrogen and oxygen atoms in total. The van der Waals surface area contributed by atoms with Crippen LogP contribution in [0.3, 0.4) is 0 Å². The Morgan fingerprint density at radius 3 is 1.86 bits per heavy atom. The number of ketones is 1. The minimum Gasteiger partial charge on any atom is -0.463 e. The lowest BCUT2D eigenvalue weighted by molar-refractivity contribution is -0.133. The average molecular weight is 382 g/mol. The van der Waals surface area contributed by atoms with Crippen molar-refractivity contribution in [1.29, 1.82) is 0 Å². The maximum absolute atomic E-state index is 14.1. The van der Waals surface area contributed by atoms with Crippen molar-refractivity contribution < 1.29 is 9.53 Å². The number of rotatable bonds is 7. The summed E-state index contributed by atoms with van der Waals surface area (Å²) in [5.74, 6) is 0.555. The molecule has 0 aliphatic carbocycles. The molecule has 0 fully saturated rings. The molecule has 0 spiro atoms. The first kappa shape index (κ1) is 18.7. The molecule has 144 valence electrons. The number of ether oxygens (including phenoxy) is 1. The van der Waals surface area contributed by atoms with E-state index in [1.54, 1.807) is 23.3 Å². The summed E-state index contributed by atoms with van der Waals surface area (Å²) in [6.45, 7) is 1.96. The first-order chi connectivity index (χ1) is 14.2. The Kier molecular flexibility index (Phi) is 5.25. The number of carbonyl (C=O) groups is 1. The molecule has 1 atom stereocenters. The van der Waals surface area contributed by atoms with Crippen LogP contribution in [-0.4, -0.2) is 15.3 Å². The predicted molar refractivity (Wildman–Crippen MR) is 113 cm³/mol. The zero-order valence-electron chi connectivity index (χ0n) is 16.2. The molecule has 0 amide bonds. The molecule has 1 heterocycles. The zero-order chi connectivity index (χ0) is 20.1. The third kappa shape index (κ3) is 3.69. The fourth-order valence-electron chi connectivity index (χ4n) is 3.53. The van der Waals surface area contributed by atoms with Crippen LogP contribution < -0.4 is 4.74 Å². The lowest BCUT2D eigenvalue weighted by atomic mass is 9.72. The lowest BCUT2D eigenvalue weighted by Gasteiger charge is -2.33. The summed E-state index contributed by atoms with van der Waals surface area (Å²) in [6.07, 6.45) is 4.16. The molecule has 0 saturated heterocycles. The van der Waals surface area contributed by atoms with E-state index in [4.69, 9.17) is 4.74 Å². The Bertz CT molecular complexity index is 1010. The minimum absolute atomic E-state index is 0.0725. The van der Waals surface area contributed by atoms with E-state index in [1.807, 2.05) is 97.9 Å². The molecule has 29 heavy (non-hydrogen) atoms. The fourth-order valence-corrected chi connectivity index (χ4v) is 3.53. The maximum atomic E-state index is 14.1. The van der Waals surface area contributed by atoms with E-state index in [1.165, 1.54) is 0 Å². The maximum Gasteiger partial charge on any atom is 0.237 e. The van der Waals surface area contributed by atoms with Gasteiger partial charge in [0.1, 0.15) is 5.75 Å². The van der Waals surface area contributed by atoms with Gasteiger partial charge in [-0.2, -0.15) is 0 Å². The number of Topliss-reactive ketones (excluding diaryl/α,β-unsaturated/α-hetero) is 1. The normalized spacial score (nSPS) is 12.3. The summed E-state index contributed by atoms with van der Waals surface area (Å²) in [4.78, 5) is 18.2. The van der Waals surface area contributed by atoms with E-state index < -0.39 is 11.6 Å². The molecule has 1 aromatic heterocycles. The van der Waals surface area contributed by atoms with E-state index in [0.717, 1.165) is 11.1 Å². The Morgan fingerprint density at radius 2 is 1.38 bits per heavy atom. The van der Waals surface area contributed by atoms with Crippen molar-refractivity contribution >= 4 is 5.78 Å². The molecule has 4 aromatic rings. The minimum atomic E-state index is -0.897. The Hall–Kier alpha value is -3.66. The smallest absolute Gasteiger partial charge is 0.237 e. The van der Waals surface area contributed by atoms with Crippen LogP contribution >= 0.6 is 0 Å². The van der Waals surface area contributed by atoms with Crippen LogP contribution in [-0.2, 0) is 10.2 Å². The molecule has 4 rings (SSSR count). The topological polar surface area (TPSA) is 44.1 Å². The molecule has 0 bridgehead atoms. The van der Waals surface area contributed by atoms with Crippen molar-refractivity contribution in [3.8, 4) is 5.75 Å². The summed E-state index contributed by atoms with van der Waals surface area (Å²) in [7, 11) is 0. The molecule has 0 radical (unpaired) electrons. The number of hydrogen-bond donors (Lipinski definition) is 0. The highest BCUT2D eigenvalue weighted by Crippen LogP contribution is 2.37. The lowest BCUT2D eigenvalue weighted by Crippen LogP contribution is -2.41. The Balaban J connectivity index is 1.83. The highest BCUT2D eigenvalue weighted by molar-refractivity contribution is 5.95. The molecular formula is C25H22N2O2. The van der Waals surface area contributed by atoms with E-state index in [2.05, 4.69) is 4.98 Å². The van der Waals surface area contributed by atoms with Gasteiger partial charge in [0.05, 0.1) is 11.7 Å². The molecule has 4 heteroatoms. The van der Waals surface area contributed by atoms with E-state index in [-0.39, 0.29) is 5.78 Å². The monoisotopic (exact) mass is 382 g/mol. The average Bonchev–Trinajstić information content (AvgIpc) is 3.33. The van der Waals surface area contributed by atoms with Crippen LogP contribution in [0.1, 0.15) is 24.3 Å². The van der Waals surface area contributed by atoms with Gasteiger partial charge in [0.2, 0.25) is 12.0 Å². The van der Waals surface area contributed by atoms with Gasteiger partial charge in [0.15, 0.2) is 0 Å². The highest BCUT2D eigenvalue weighted by atomic mass is 16.5.